The van der Waals surface area contributed by atoms with Gasteiger partial charge in [-0.2, -0.15) is 0 Å². The number of carbonyl (C=O) groups is 1. The number of aliphatic hydroxyl groups excluding tert-OH is 1. The maximum Gasteiger partial charge on any atom is 0.222 e. The summed E-state index contributed by atoms with van der Waals surface area (Å²) in [6, 6.07) is 0.119. The van der Waals surface area contributed by atoms with Crippen LogP contribution in [0.3, 0.4) is 0 Å². The molecule has 0 saturated carbocycles. The van der Waals surface area contributed by atoms with Crippen LogP contribution in [-0.2, 0) is 4.79 Å². The van der Waals surface area contributed by atoms with E-state index >= 15 is 0 Å². The van der Waals surface area contributed by atoms with Gasteiger partial charge in [-0.1, -0.05) is 6.92 Å². The number of hydrogen-bond donors (Lipinski definition) is 1. The highest BCUT2D eigenvalue weighted by atomic mass is 16.3. The van der Waals surface area contributed by atoms with Gasteiger partial charge in [0.15, 0.2) is 0 Å². The largest absolute Gasteiger partial charge is 0.394 e. The number of amides is 1. The molecule has 1 amide bonds. The lowest BCUT2D eigenvalue weighted by Gasteiger charge is -2.39. The van der Waals surface area contributed by atoms with E-state index in [-0.39, 0.29) is 18.6 Å². The summed E-state index contributed by atoms with van der Waals surface area (Å²) in [5, 5.41) is 8.78. The van der Waals surface area contributed by atoms with Crippen molar-refractivity contribution in [3.05, 3.63) is 0 Å². The number of aliphatic hydroxyl groups is 1. The second kappa shape index (κ2) is 3.72. The van der Waals surface area contributed by atoms with Crippen LogP contribution in [0.2, 0.25) is 0 Å². The molecule has 1 atom stereocenters. The first-order valence-electron chi connectivity index (χ1n) is 4.20. The third-order valence-corrected chi connectivity index (χ3v) is 2.14. The van der Waals surface area contributed by atoms with Gasteiger partial charge in [0.2, 0.25) is 5.91 Å². The van der Waals surface area contributed by atoms with Gasteiger partial charge in [0.1, 0.15) is 0 Å². The maximum absolute atomic E-state index is 11.2. The lowest BCUT2D eigenvalue weighted by atomic mass is 10.0. The number of nitrogens with zero attached hydrogens (tertiary/aromatic N) is 1. The second-order valence-corrected chi connectivity index (χ2v) is 2.96. The Bertz CT molecular complexity index is 145. The quantitative estimate of drug-likeness (QED) is 0.643. The Balaban J connectivity index is 2.30. The van der Waals surface area contributed by atoms with E-state index in [1.165, 1.54) is 0 Å². The average molecular weight is 157 g/mol. The summed E-state index contributed by atoms with van der Waals surface area (Å²) < 4.78 is 0. The van der Waals surface area contributed by atoms with Crippen LogP contribution in [0.25, 0.3) is 0 Å². The van der Waals surface area contributed by atoms with E-state index in [0.717, 1.165) is 19.4 Å². The Morgan fingerprint density at radius 3 is 2.82 bits per heavy atom. The second-order valence-electron chi connectivity index (χ2n) is 2.96. The van der Waals surface area contributed by atoms with Gasteiger partial charge in [-0.3, -0.25) is 4.79 Å². The van der Waals surface area contributed by atoms with Crippen molar-refractivity contribution in [2.45, 2.75) is 32.2 Å². The highest BCUT2D eigenvalue weighted by molar-refractivity contribution is 5.77. The molecule has 1 N–H and O–H groups in total. The van der Waals surface area contributed by atoms with E-state index in [1.807, 2.05) is 6.92 Å². The molecule has 1 heterocycles. The van der Waals surface area contributed by atoms with E-state index in [2.05, 4.69) is 0 Å². The lowest BCUT2D eigenvalue weighted by molar-refractivity contribution is -0.140. The van der Waals surface area contributed by atoms with Crippen molar-refractivity contribution in [2.24, 2.45) is 0 Å². The van der Waals surface area contributed by atoms with Crippen LogP contribution in [0.15, 0.2) is 0 Å². The van der Waals surface area contributed by atoms with Crippen LogP contribution < -0.4 is 0 Å². The minimum Gasteiger partial charge on any atom is -0.394 e. The van der Waals surface area contributed by atoms with Crippen molar-refractivity contribution in [1.29, 1.82) is 0 Å². The third kappa shape index (κ3) is 1.71. The summed E-state index contributed by atoms with van der Waals surface area (Å²) in [5.74, 6) is 0.192. The molecule has 3 nitrogen and oxygen atoms in total. The van der Waals surface area contributed by atoms with Crippen LogP contribution in [-0.4, -0.2) is 35.1 Å². The van der Waals surface area contributed by atoms with Crippen LogP contribution in [0.4, 0.5) is 0 Å². The van der Waals surface area contributed by atoms with Crippen molar-refractivity contribution >= 4 is 5.91 Å². The fourth-order valence-corrected chi connectivity index (χ4v) is 1.32. The summed E-state index contributed by atoms with van der Waals surface area (Å²) in [6.45, 7) is 2.95. The summed E-state index contributed by atoms with van der Waals surface area (Å²) in [5.41, 5.74) is 0. The molecular formula is C8H15NO2. The van der Waals surface area contributed by atoms with E-state index < -0.39 is 0 Å². The molecule has 1 saturated heterocycles. The van der Waals surface area contributed by atoms with Gasteiger partial charge in [-0.05, 0) is 12.8 Å². The zero-order valence-corrected chi connectivity index (χ0v) is 6.92. The molecule has 11 heavy (non-hydrogen) atoms. The van der Waals surface area contributed by atoms with E-state index in [9.17, 15) is 4.79 Å². The topological polar surface area (TPSA) is 40.5 Å². The molecule has 64 valence electrons. The molecule has 1 unspecified atom stereocenters. The molecule has 1 aliphatic rings. The molecule has 3 heteroatoms. The van der Waals surface area contributed by atoms with Gasteiger partial charge < -0.3 is 10.0 Å². The van der Waals surface area contributed by atoms with E-state index in [1.54, 1.807) is 4.90 Å². The van der Waals surface area contributed by atoms with E-state index in [4.69, 9.17) is 5.11 Å². The highest BCUT2D eigenvalue weighted by Gasteiger charge is 2.30. The first-order valence-corrected chi connectivity index (χ1v) is 4.20. The predicted molar refractivity (Wildman–Crippen MR) is 42.1 cm³/mol. The number of likely N-dealkylation sites (tertiary alicyclic amines) is 1. The van der Waals surface area contributed by atoms with E-state index in [0.29, 0.717) is 6.42 Å². The van der Waals surface area contributed by atoms with Crippen molar-refractivity contribution in [2.75, 3.05) is 13.2 Å². The molecule has 0 spiro atoms. The number of hydrogen-bond acceptors (Lipinski definition) is 2. The molecule has 1 fully saturated rings. The van der Waals surface area contributed by atoms with Crippen molar-refractivity contribution in [3.8, 4) is 0 Å². The third-order valence-electron chi connectivity index (χ3n) is 2.14. The van der Waals surface area contributed by atoms with Crippen LogP contribution in [0, 0.1) is 0 Å². The zero-order valence-electron chi connectivity index (χ0n) is 6.92. The van der Waals surface area contributed by atoms with Gasteiger partial charge in [0.05, 0.1) is 12.6 Å². The fourth-order valence-electron chi connectivity index (χ4n) is 1.32. The highest BCUT2D eigenvalue weighted by Crippen LogP contribution is 2.17. The average Bonchev–Trinajstić information content (AvgIpc) is 1.86. The standard InChI is InChI=1S/C8H15NO2/c1-2-3-8(11)9-5-4-7(9)6-10/h7,10H,2-6H2,1H3. The number of rotatable bonds is 3. The molecule has 1 rings (SSSR count). The first-order chi connectivity index (χ1) is 5.29. The number of carbonyl (C=O) groups excluding carboxylic acids is 1. The van der Waals surface area contributed by atoms with Crippen LogP contribution in [0.1, 0.15) is 26.2 Å². The monoisotopic (exact) mass is 157 g/mol. The first kappa shape index (κ1) is 8.53. The van der Waals surface area contributed by atoms with Gasteiger partial charge in [-0.15, -0.1) is 0 Å². The Hall–Kier alpha value is -0.570. The molecule has 0 bridgehead atoms. The molecule has 0 aromatic heterocycles. The zero-order chi connectivity index (χ0) is 8.27. The predicted octanol–water partition coefficient (Wildman–Crippen LogP) is 0.380. The Morgan fingerprint density at radius 1 is 1.73 bits per heavy atom. The minimum absolute atomic E-state index is 0.119. The van der Waals surface area contributed by atoms with Gasteiger partial charge in [-0.25, -0.2) is 0 Å². The van der Waals surface area contributed by atoms with Gasteiger partial charge in [0, 0.05) is 13.0 Å². The van der Waals surface area contributed by atoms with Crippen LogP contribution >= 0.6 is 0 Å². The van der Waals surface area contributed by atoms with Gasteiger partial charge in [0.25, 0.3) is 0 Å². The smallest absolute Gasteiger partial charge is 0.222 e. The van der Waals surface area contributed by atoms with Crippen molar-refractivity contribution in [1.82, 2.24) is 4.90 Å². The molecule has 0 aliphatic carbocycles. The Kier molecular flexibility index (Phi) is 2.88. The fraction of sp³-hybridized carbons (Fsp3) is 0.875. The SMILES string of the molecule is CCCC(=O)N1CCC1CO. The minimum atomic E-state index is 0.119. The van der Waals surface area contributed by atoms with Gasteiger partial charge >= 0.3 is 0 Å². The molecule has 0 radical (unpaired) electrons. The molecule has 1 aliphatic heterocycles. The lowest BCUT2D eigenvalue weighted by Crippen LogP contribution is -2.52. The molecular weight excluding hydrogens is 142 g/mol. The Morgan fingerprint density at radius 2 is 2.45 bits per heavy atom. The molecule has 0 aromatic carbocycles. The molecule has 0 aromatic rings. The summed E-state index contributed by atoms with van der Waals surface area (Å²) in [4.78, 5) is 13.0. The summed E-state index contributed by atoms with van der Waals surface area (Å²) >= 11 is 0. The summed E-state index contributed by atoms with van der Waals surface area (Å²) in [6.07, 6.45) is 2.48. The normalized spacial score (nSPS) is 23.1. The van der Waals surface area contributed by atoms with Crippen LogP contribution in [0.5, 0.6) is 0 Å². The Labute approximate surface area is 67.0 Å². The van der Waals surface area contributed by atoms with Crippen molar-refractivity contribution < 1.29 is 9.90 Å². The van der Waals surface area contributed by atoms with Crippen molar-refractivity contribution in [3.63, 3.8) is 0 Å². The summed E-state index contributed by atoms with van der Waals surface area (Å²) in [7, 11) is 0. The maximum atomic E-state index is 11.2.